The molecule has 0 heterocycles. The molecule has 0 radical (unpaired) electrons. The van der Waals surface area contributed by atoms with E-state index in [9.17, 15) is 13.2 Å². The monoisotopic (exact) mass is 386 g/mol. The van der Waals surface area contributed by atoms with Crippen molar-refractivity contribution in [2.45, 2.75) is 25.7 Å². The maximum absolute atomic E-state index is 12.5. The molecule has 0 saturated carbocycles. The molecule has 0 aliphatic rings. The number of anilines is 1. The molecule has 6 heteroatoms. The molecule has 2 rings (SSSR count). The van der Waals surface area contributed by atoms with E-state index >= 15 is 0 Å². The Kier molecular flexibility index (Phi) is 6.93. The summed E-state index contributed by atoms with van der Waals surface area (Å²) in [6.07, 6.45) is 3.17. The van der Waals surface area contributed by atoms with Crippen molar-refractivity contribution in [3.63, 3.8) is 0 Å². The summed E-state index contributed by atoms with van der Waals surface area (Å²) in [4.78, 5) is 14.2. The molecule has 0 aliphatic heterocycles. The normalized spacial score (nSPS) is 11.9. The third kappa shape index (κ3) is 5.05. The van der Waals surface area contributed by atoms with E-state index in [1.807, 2.05) is 45.0 Å². The van der Waals surface area contributed by atoms with E-state index in [4.69, 9.17) is 0 Å². The number of likely N-dealkylation sites (N-methyl/N-ethyl adjacent to an activating group) is 1. The topological polar surface area (TPSA) is 57.7 Å². The number of hydrogen-bond donors (Lipinski definition) is 0. The second-order valence-corrected chi connectivity index (χ2v) is 8.17. The van der Waals surface area contributed by atoms with Gasteiger partial charge in [-0.05, 0) is 48.4 Å². The maximum atomic E-state index is 12.5. The molecule has 0 unspecified atom stereocenters. The first-order valence-corrected chi connectivity index (χ1v) is 10.4. The molecule has 144 valence electrons. The van der Waals surface area contributed by atoms with Gasteiger partial charge in [0, 0.05) is 31.9 Å². The van der Waals surface area contributed by atoms with Gasteiger partial charge in [0.2, 0.25) is 10.0 Å². The Morgan fingerprint density at radius 2 is 1.67 bits per heavy atom. The summed E-state index contributed by atoms with van der Waals surface area (Å²) in [7, 11) is -1.75. The zero-order valence-corrected chi connectivity index (χ0v) is 17.0. The average molecular weight is 387 g/mol. The molecular formula is C21H26N2O3S. The Morgan fingerprint density at radius 1 is 1.04 bits per heavy atom. The summed E-state index contributed by atoms with van der Waals surface area (Å²) in [5.41, 5.74) is 2.67. The van der Waals surface area contributed by atoms with E-state index in [1.54, 1.807) is 42.3 Å². The number of rotatable bonds is 7. The molecule has 2 aromatic rings. The van der Waals surface area contributed by atoms with Crippen molar-refractivity contribution in [2.75, 3.05) is 25.0 Å². The predicted octanol–water partition coefficient (Wildman–Crippen LogP) is 3.70. The van der Waals surface area contributed by atoms with Crippen molar-refractivity contribution in [1.29, 1.82) is 0 Å². The van der Waals surface area contributed by atoms with Crippen LogP contribution in [0, 0.1) is 6.92 Å². The van der Waals surface area contributed by atoms with Crippen LogP contribution in [-0.2, 0) is 14.8 Å². The minimum absolute atomic E-state index is 0.152. The molecule has 0 N–H and O–H groups in total. The lowest BCUT2D eigenvalue weighted by Gasteiger charge is -2.18. The van der Waals surface area contributed by atoms with Gasteiger partial charge in [0.05, 0.1) is 4.90 Å². The van der Waals surface area contributed by atoms with Crippen LogP contribution in [-0.4, -0.2) is 38.8 Å². The Balaban J connectivity index is 2.13. The number of nitrogens with zero attached hydrogens (tertiary/aromatic N) is 2. The first-order chi connectivity index (χ1) is 12.8. The highest BCUT2D eigenvalue weighted by atomic mass is 32.2. The highest BCUT2D eigenvalue weighted by molar-refractivity contribution is 7.89. The fourth-order valence-electron chi connectivity index (χ4n) is 2.71. The van der Waals surface area contributed by atoms with Crippen molar-refractivity contribution < 1.29 is 13.2 Å². The molecule has 27 heavy (non-hydrogen) atoms. The number of amides is 1. The van der Waals surface area contributed by atoms with Crippen molar-refractivity contribution in [3.8, 4) is 0 Å². The van der Waals surface area contributed by atoms with Crippen molar-refractivity contribution in [2.24, 2.45) is 0 Å². The van der Waals surface area contributed by atoms with Gasteiger partial charge in [-0.15, -0.1) is 0 Å². The summed E-state index contributed by atoms with van der Waals surface area (Å²) < 4.78 is 26.4. The van der Waals surface area contributed by atoms with Crippen molar-refractivity contribution in [1.82, 2.24) is 4.31 Å². The zero-order valence-electron chi connectivity index (χ0n) is 16.2. The van der Waals surface area contributed by atoms with Gasteiger partial charge < -0.3 is 4.90 Å². The minimum Gasteiger partial charge on any atom is -0.312 e. The largest absolute Gasteiger partial charge is 0.312 e. The van der Waals surface area contributed by atoms with Gasteiger partial charge in [0.1, 0.15) is 0 Å². The second-order valence-electron chi connectivity index (χ2n) is 6.23. The van der Waals surface area contributed by atoms with Crippen LogP contribution in [0.4, 0.5) is 5.69 Å². The molecule has 0 spiro atoms. The number of carbonyl (C=O) groups is 1. The summed E-state index contributed by atoms with van der Waals surface area (Å²) in [5, 5.41) is 0. The number of sulfonamides is 1. The van der Waals surface area contributed by atoms with Gasteiger partial charge in [-0.3, -0.25) is 4.79 Å². The fraction of sp³-hybridized carbons (Fsp3) is 0.286. The van der Waals surface area contributed by atoms with Crippen LogP contribution in [0.25, 0.3) is 6.08 Å². The van der Waals surface area contributed by atoms with Crippen LogP contribution in [0.1, 0.15) is 25.0 Å². The first kappa shape index (κ1) is 20.9. The standard InChI is InChI=1S/C21H26N2O3S/c1-5-23(6-2)27(25,26)20-13-10-18(11-14-20)12-15-21(24)22(4)19-9-7-8-17(3)16-19/h7-16H,5-6H2,1-4H3/b15-12+. The number of benzene rings is 2. The lowest BCUT2D eigenvalue weighted by Crippen LogP contribution is -2.30. The Morgan fingerprint density at radius 3 is 2.22 bits per heavy atom. The van der Waals surface area contributed by atoms with E-state index in [2.05, 4.69) is 0 Å². The van der Waals surface area contributed by atoms with Gasteiger partial charge in [-0.2, -0.15) is 4.31 Å². The van der Waals surface area contributed by atoms with Gasteiger partial charge in [0.25, 0.3) is 5.91 Å². The first-order valence-electron chi connectivity index (χ1n) is 8.92. The third-order valence-corrected chi connectivity index (χ3v) is 6.43. The van der Waals surface area contributed by atoms with Crippen LogP contribution >= 0.6 is 0 Å². The third-order valence-electron chi connectivity index (χ3n) is 4.36. The second kappa shape index (κ2) is 8.97. The van der Waals surface area contributed by atoms with Crippen LogP contribution in [0.15, 0.2) is 59.5 Å². The smallest absolute Gasteiger partial charge is 0.250 e. The van der Waals surface area contributed by atoms with Gasteiger partial charge in [0.15, 0.2) is 0 Å². The van der Waals surface area contributed by atoms with E-state index in [1.165, 1.54) is 10.4 Å². The van der Waals surface area contributed by atoms with Crippen LogP contribution < -0.4 is 4.90 Å². The van der Waals surface area contributed by atoms with Gasteiger partial charge in [-0.25, -0.2) is 8.42 Å². The Bertz CT molecular complexity index is 915. The molecule has 0 aliphatic carbocycles. The van der Waals surface area contributed by atoms with Gasteiger partial charge in [-0.1, -0.05) is 38.1 Å². The van der Waals surface area contributed by atoms with Crippen LogP contribution in [0.2, 0.25) is 0 Å². The average Bonchev–Trinajstić information content (AvgIpc) is 2.66. The van der Waals surface area contributed by atoms with Gasteiger partial charge >= 0.3 is 0 Å². The molecule has 0 bridgehead atoms. The molecule has 0 fully saturated rings. The van der Waals surface area contributed by atoms with E-state index in [0.717, 1.165) is 16.8 Å². The van der Waals surface area contributed by atoms with E-state index < -0.39 is 10.0 Å². The molecule has 0 atom stereocenters. The fourth-order valence-corrected chi connectivity index (χ4v) is 4.16. The molecular weight excluding hydrogens is 360 g/mol. The molecule has 0 saturated heterocycles. The summed E-state index contributed by atoms with van der Waals surface area (Å²) >= 11 is 0. The lowest BCUT2D eigenvalue weighted by molar-refractivity contribution is -0.113. The number of hydrogen-bond acceptors (Lipinski definition) is 3. The highest BCUT2D eigenvalue weighted by Gasteiger charge is 2.20. The number of carbonyl (C=O) groups excluding carboxylic acids is 1. The van der Waals surface area contributed by atoms with Crippen molar-refractivity contribution >= 4 is 27.7 Å². The Hall–Kier alpha value is -2.44. The molecule has 2 aromatic carbocycles. The molecule has 5 nitrogen and oxygen atoms in total. The summed E-state index contributed by atoms with van der Waals surface area (Å²) in [5.74, 6) is -0.152. The zero-order chi connectivity index (χ0) is 20.0. The highest BCUT2D eigenvalue weighted by Crippen LogP contribution is 2.18. The minimum atomic E-state index is -3.47. The Labute approximate surface area is 162 Å². The predicted molar refractivity (Wildman–Crippen MR) is 110 cm³/mol. The molecule has 0 aromatic heterocycles. The van der Waals surface area contributed by atoms with E-state index in [-0.39, 0.29) is 10.8 Å². The number of aryl methyl sites for hydroxylation is 1. The van der Waals surface area contributed by atoms with Crippen LogP contribution in [0.3, 0.4) is 0 Å². The van der Waals surface area contributed by atoms with Crippen molar-refractivity contribution in [3.05, 3.63) is 65.7 Å². The lowest BCUT2D eigenvalue weighted by atomic mass is 10.2. The quantitative estimate of drug-likeness (QED) is 0.682. The summed E-state index contributed by atoms with van der Waals surface area (Å²) in [6.45, 7) is 6.47. The van der Waals surface area contributed by atoms with E-state index in [0.29, 0.717) is 13.1 Å². The summed E-state index contributed by atoms with van der Waals surface area (Å²) in [6, 6.07) is 14.3. The SMILES string of the molecule is CCN(CC)S(=O)(=O)c1ccc(/C=C/C(=O)N(C)c2cccc(C)c2)cc1. The molecule has 1 amide bonds. The maximum Gasteiger partial charge on any atom is 0.250 e. The van der Waals surface area contributed by atoms with Crippen LogP contribution in [0.5, 0.6) is 0 Å².